The third-order valence-corrected chi connectivity index (χ3v) is 4.13. The number of nitrogens with one attached hydrogen (secondary N) is 1. The van der Waals surface area contributed by atoms with Crippen molar-refractivity contribution in [3.63, 3.8) is 0 Å². The average molecular weight is 279 g/mol. The Balaban J connectivity index is 1.75. The van der Waals surface area contributed by atoms with Gasteiger partial charge in [-0.3, -0.25) is 9.58 Å². The normalized spacial score (nSPS) is 21.0. The Hall–Kier alpha value is -0.940. The van der Waals surface area contributed by atoms with Crippen LogP contribution < -0.4 is 5.32 Å². The van der Waals surface area contributed by atoms with Crippen molar-refractivity contribution < 1.29 is 0 Å². The summed E-state index contributed by atoms with van der Waals surface area (Å²) in [6.07, 6.45) is 8.68. The summed E-state index contributed by atoms with van der Waals surface area (Å²) in [4.78, 5) is 2.60. The molecule has 1 atom stereocenters. The predicted octanol–water partition coefficient (Wildman–Crippen LogP) is 2.04. The number of nitrogens with zero attached hydrogens (tertiary/aromatic N) is 4. The van der Waals surface area contributed by atoms with E-state index in [0.29, 0.717) is 6.04 Å². The molecule has 1 unspecified atom stereocenters. The first-order valence-corrected chi connectivity index (χ1v) is 8.13. The van der Waals surface area contributed by atoms with Crippen LogP contribution in [0.1, 0.15) is 51.6 Å². The Kier molecular flexibility index (Phi) is 6.47. The molecule has 2 heterocycles. The Morgan fingerprint density at radius 3 is 3.05 bits per heavy atom. The van der Waals surface area contributed by atoms with Crippen LogP contribution in [0.3, 0.4) is 0 Å². The van der Waals surface area contributed by atoms with Crippen LogP contribution in [0, 0.1) is 0 Å². The first-order chi connectivity index (χ1) is 9.79. The summed E-state index contributed by atoms with van der Waals surface area (Å²) in [6, 6.07) is 0.715. The Bertz CT molecular complexity index is 376. The molecule has 1 fully saturated rings. The van der Waals surface area contributed by atoms with Gasteiger partial charge in [-0.2, -0.15) is 0 Å². The lowest BCUT2D eigenvalue weighted by molar-refractivity contribution is 0.202. The molecule has 20 heavy (non-hydrogen) atoms. The van der Waals surface area contributed by atoms with E-state index in [1.54, 1.807) is 0 Å². The van der Waals surface area contributed by atoms with Crippen LogP contribution in [0.15, 0.2) is 6.20 Å². The monoisotopic (exact) mass is 279 g/mol. The van der Waals surface area contributed by atoms with Gasteiger partial charge in [-0.05, 0) is 39.3 Å². The van der Waals surface area contributed by atoms with Crippen molar-refractivity contribution in [3.8, 4) is 0 Å². The van der Waals surface area contributed by atoms with E-state index in [1.165, 1.54) is 32.2 Å². The lowest BCUT2D eigenvalue weighted by atomic mass is 10.1. The molecule has 114 valence electrons. The van der Waals surface area contributed by atoms with Crippen LogP contribution >= 0.6 is 0 Å². The Morgan fingerprint density at radius 2 is 2.20 bits per heavy atom. The van der Waals surface area contributed by atoms with Gasteiger partial charge in [0.05, 0.1) is 12.2 Å². The fourth-order valence-electron chi connectivity index (χ4n) is 2.82. The highest BCUT2D eigenvalue weighted by atomic mass is 15.4. The van der Waals surface area contributed by atoms with Crippen molar-refractivity contribution in [2.24, 2.45) is 0 Å². The SMILES string of the molecule is CCCNCc1cn(CCN2CCCCCC2C)nn1. The molecule has 1 aromatic rings. The topological polar surface area (TPSA) is 46.0 Å². The van der Waals surface area contributed by atoms with Crippen molar-refractivity contribution in [1.82, 2.24) is 25.2 Å². The lowest BCUT2D eigenvalue weighted by Gasteiger charge is -2.26. The van der Waals surface area contributed by atoms with Crippen LogP contribution in [0.2, 0.25) is 0 Å². The van der Waals surface area contributed by atoms with E-state index in [2.05, 4.69) is 40.6 Å². The maximum atomic E-state index is 4.23. The first kappa shape index (κ1) is 15.4. The minimum absolute atomic E-state index is 0.715. The summed E-state index contributed by atoms with van der Waals surface area (Å²) in [6.45, 7) is 9.67. The van der Waals surface area contributed by atoms with Crippen LogP contribution in [0.4, 0.5) is 0 Å². The van der Waals surface area contributed by atoms with E-state index in [0.717, 1.165) is 38.3 Å². The van der Waals surface area contributed by atoms with E-state index in [1.807, 2.05) is 4.68 Å². The lowest BCUT2D eigenvalue weighted by Crippen LogP contribution is -2.35. The van der Waals surface area contributed by atoms with Gasteiger partial charge in [-0.25, -0.2) is 0 Å². The Morgan fingerprint density at radius 1 is 1.30 bits per heavy atom. The minimum Gasteiger partial charge on any atom is -0.311 e. The largest absolute Gasteiger partial charge is 0.311 e. The first-order valence-electron chi connectivity index (χ1n) is 8.13. The van der Waals surface area contributed by atoms with Gasteiger partial charge in [-0.1, -0.05) is 25.0 Å². The van der Waals surface area contributed by atoms with Gasteiger partial charge in [0.15, 0.2) is 0 Å². The highest BCUT2D eigenvalue weighted by Crippen LogP contribution is 2.15. The van der Waals surface area contributed by atoms with Gasteiger partial charge in [-0.15, -0.1) is 5.10 Å². The second-order valence-electron chi connectivity index (χ2n) is 5.88. The van der Waals surface area contributed by atoms with Crippen molar-refractivity contribution >= 4 is 0 Å². The summed E-state index contributed by atoms with van der Waals surface area (Å²) in [7, 11) is 0. The zero-order chi connectivity index (χ0) is 14.2. The zero-order valence-electron chi connectivity index (χ0n) is 13.0. The maximum absolute atomic E-state index is 4.23. The van der Waals surface area contributed by atoms with Crippen LogP contribution in [-0.2, 0) is 13.1 Å². The standard InChI is InChI=1S/C15H29N5/c1-3-8-16-12-15-13-20(18-17-15)11-10-19-9-6-4-5-7-14(19)2/h13-14,16H,3-12H2,1-2H3. The van der Waals surface area contributed by atoms with Gasteiger partial charge in [0.25, 0.3) is 0 Å². The molecule has 0 aliphatic carbocycles. The van der Waals surface area contributed by atoms with Crippen LogP contribution in [-0.4, -0.2) is 45.6 Å². The van der Waals surface area contributed by atoms with Gasteiger partial charge in [0, 0.05) is 25.3 Å². The maximum Gasteiger partial charge on any atom is 0.0964 e. The molecule has 0 radical (unpaired) electrons. The van der Waals surface area contributed by atoms with Crippen LogP contribution in [0.5, 0.6) is 0 Å². The molecule has 1 saturated heterocycles. The average Bonchev–Trinajstić information content (AvgIpc) is 2.79. The number of likely N-dealkylation sites (tertiary alicyclic amines) is 1. The molecule has 0 aromatic carbocycles. The molecule has 0 amide bonds. The quantitative estimate of drug-likeness (QED) is 0.776. The zero-order valence-corrected chi connectivity index (χ0v) is 13.0. The minimum atomic E-state index is 0.715. The second-order valence-corrected chi connectivity index (χ2v) is 5.88. The summed E-state index contributed by atoms with van der Waals surface area (Å²) < 4.78 is 1.99. The van der Waals surface area contributed by atoms with E-state index in [-0.39, 0.29) is 0 Å². The van der Waals surface area contributed by atoms with E-state index < -0.39 is 0 Å². The van der Waals surface area contributed by atoms with E-state index >= 15 is 0 Å². The summed E-state index contributed by atoms with van der Waals surface area (Å²) in [5.41, 5.74) is 1.04. The van der Waals surface area contributed by atoms with Gasteiger partial charge in [0.1, 0.15) is 0 Å². The molecule has 1 aliphatic heterocycles. The van der Waals surface area contributed by atoms with Crippen LogP contribution in [0.25, 0.3) is 0 Å². The molecule has 2 rings (SSSR count). The van der Waals surface area contributed by atoms with Gasteiger partial charge in [0.2, 0.25) is 0 Å². The van der Waals surface area contributed by atoms with Crippen molar-refractivity contribution in [3.05, 3.63) is 11.9 Å². The summed E-state index contributed by atoms with van der Waals surface area (Å²) in [5.74, 6) is 0. The second kappa shape index (κ2) is 8.37. The van der Waals surface area contributed by atoms with Crippen molar-refractivity contribution in [2.45, 2.75) is 65.1 Å². The highest BCUT2D eigenvalue weighted by Gasteiger charge is 2.16. The fraction of sp³-hybridized carbons (Fsp3) is 0.867. The molecule has 5 heteroatoms. The third-order valence-electron chi connectivity index (χ3n) is 4.13. The molecule has 0 spiro atoms. The Labute approximate surface area is 122 Å². The molecule has 0 bridgehead atoms. The number of aromatic nitrogens is 3. The number of rotatable bonds is 7. The van der Waals surface area contributed by atoms with Gasteiger partial charge < -0.3 is 5.32 Å². The highest BCUT2D eigenvalue weighted by molar-refractivity contribution is 4.91. The fourth-order valence-corrected chi connectivity index (χ4v) is 2.82. The van der Waals surface area contributed by atoms with Crippen molar-refractivity contribution in [2.75, 3.05) is 19.6 Å². The molecule has 0 saturated carbocycles. The molecule has 1 N–H and O–H groups in total. The third kappa shape index (κ3) is 4.87. The number of hydrogen-bond acceptors (Lipinski definition) is 4. The molecule has 1 aliphatic rings. The molecule has 5 nitrogen and oxygen atoms in total. The molecular weight excluding hydrogens is 250 g/mol. The molecule has 1 aromatic heterocycles. The summed E-state index contributed by atoms with van der Waals surface area (Å²) in [5, 5.41) is 11.8. The number of hydrogen-bond donors (Lipinski definition) is 1. The van der Waals surface area contributed by atoms with Gasteiger partial charge >= 0.3 is 0 Å². The van der Waals surface area contributed by atoms with Crippen molar-refractivity contribution in [1.29, 1.82) is 0 Å². The summed E-state index contributed by atoms with van der Waals surface area (Å²) >= 11 is 0. The van der Waals surface area contributed by atoms with E-state index in [9.17, 15) is 0 Å². The smallest absolute Gasteiger partial charge is 0.0964 e. The predicted molar refractivity (Wildman–Crippen MR) is 81.5 cm³/mol. The molecular formula is C15H29N5. The van der Waals surface area contributed by atoms with E-state index in [4.69, 9.17) is 0 Å².